The molecule has 0 radical (unpaired) electrons. The minimum absolute atomic E-state index is 0.0124. The number of primary amides is 1. The van der Waals surface area contributed by atoms with Gasteiger partial charge in [-0.25, -0.2) is 23.4 Å². The fourth-order valence-corrected chi connectivity index (χ4v) is 4.14. The number of rotatable bonds is 7. The zero-order valence-electron chi connectivity index (χ0n) is 17.7. The lowest BCUT2D eigenvalue weighted by Gasteiger charge is -2.15. The SMILES string of the molecule is C[C@H](NC(=O)c1cc(Cl)cc(S(C)(=O)=O)c1)c1nc(C2CC2)nn1-c1cc(C(N)=O)ncn1. The summed E-state index contributed by atoms with van der Waals surface area (Å²) in [6.07, 6.45) is 4.14. The smallest absolute Gasteiger partial charge is 0.267 e. The highest BCUT2D eigenvalue weighted by atomic mass is 35.5. The maximum Gasteiger partial charge on any atom is 0.267 e. The molecule has 1 atom stereocenters. The standard InChI is InChI=1S/C20H20ClN7O4S/c1-10(25-20(30)12-5-13(21)7-14(6-12)33(2,31)32)19-26-18(11-3-4-11)27-28(19)16-8-15(17(22)29)23-9-24-16/h5-11H,3-4H2,1-2H3,(H2,22,29)(H,25,30)/t10-/m0/s1. The van der Waals surface area contributed by atoms with E-state index in [4.69, 9.17) is 17.3 Å². The van der Waals surface area contributed by atoms with Crippen LogP contribution in [0.1, 0.15) is 64.2 Å². The number of sulfone groups is 1. The van der Waals surface area contributed by atoms with E-state index in [9.17, 15) is 18.0 Å². The predicted molar refractivity (Wildman–Crippen MR) is 118 cm³/mol. The maximum absolute atomic E-state index is 12.9. The Morgan fingerprint density at radius 2 is 1.94 bits per heavy atom. The van der Waals surface area contributed by atoms with Gasteiger partial charge in [-0.15, -0.1) is 5.10 Å². The van der Waals surface area contributed by atoms with E-state index in [1.807, 2.05) is 0 Å². The van der Waals surface area contributed by atoms with Crippen molar-refractivity contribution in [3.05, 3.63) is 58.5 Å². The number of hydrogen-bond acceptors (Lipinski definition) is 8. The summed E-state index contributed by atoms with van der Waals surface area (Å²) in [4.78, 5) is 36.9. The Labute approximate surface area is 194 Å². The summed E-state index contributed by atoms with van der Waals surface area (Å²) in [5, 5.41) is 7.42. The predicted octanol–water partition coefficient (Wildman–Crippen LogP) is 1.58. The molecule has 0 spiro atoms. The number of benzene rings is 1. The van der Waals surface area contributed by atoms with Crippen LogP contribution in [0.2, 0.25) is 5.02 Å². The summed E-state index contributed by atoms with van der Waals surface area (Å²) in [7, 11) is -3.56. The molecule has 1 aromatic carbocycles. The zero-order valence-corrected chi connectivity index (χ0v) is 19.3. The second kappa shape index (κ2) is 8.52. The fourth-order valence-electron chi connectivity index (χ4n) is 3.15. The Hall–Kier alpha value is -3.38. The molecule has 2 heterocycles. The molecule has 1 aliphatic carbocycles. The number of amides is 2. The Kier molecular flexibility index (Phi) is 5.89. The molecule has 2 aromatic heterocycles. The number of hydrogen-bond donors (Lipinski definition) is 2. The van der Waals surface area contributed by atoms with Crippen molar-refractivity contribution in [2.75, 3.05) is 6.26 Å². The molecule has 0 bridgehead atoms. The summed E-state index contributed by atoms with van der Waals surface area (Å²) < 4.78 is 25.2. The molecule has 172 valence electrons. The van der Waals surface area contributed by atoms with Crippen molar-refractivity contribution in [3.63, 3.8) is 0 Å². The van der Waals surface area contributed by atoms with Gasteiger partial charge in [0.15, 0.2) is 27.3 Å². The lowest BCUT2D eigenvalue weighted by molar-refractivity contribution is 0.0936. The van der Waals surface area contributed by atoms with E-state index in [-0.39, 0.29) is 32.9 Å². The minimum Gasteiger partial charge on any atom is -0.364 e. The number of nitrogens with one attached hydrogen (secondary N) is 1. The van der Waals surface area contributed by atoms with Gasteiger partial charge in [0.2, 0.25) is 0 Å². The van der Waals surface area contributed by atoms with E-state index in [1.54, 1.807) is 6.92 Å². The lowest BCUT2D eigenvalue weighted by atomic mass is 10.2. The molecule has 33 heavy (non-hydrogen) atoms. The quantitative estimate of drug-likeness (QED) is 0.505. The van der Waals surface area contributed by atoms with Crippen LogP contribution in [0, 0.1) is 0 Å². The third-order valence-electron chi connectivity index (χ3n) is 5.01. The van der Waals surface area contributed by atoms with Crippen LogP contribution >= 0.6 is 11.6 Å². The van der Waals surface area contributed by atoms with E-state index in [2.05, 4.69) is 25.4 Å². The largest absolute Gasteiger partial charge is 0.364 e. The second-order valence-corrected chi connectivity index (χ2v) is 10.2. The Morgan fingerprint density at radius 1 is 1.21 bits per heavy atom. The van der Waals surface area contributed by atoms with Crippen molar-refractivity contribution in [3.8, 4) is 5.82 Å². The van der Waals surface area contributed by atoms with E-state index in [0.717, 1.165) is 19.1 Å². The molecule has 2 amide bonds. The molecule has 1 fully saturated rings. The van der Waals surface area contributed by atoms with E-state index < -0.39 is 27.7 Å². The first kappa shape index (κ1) is 22.8. The van der Waals surface area contributed by atoms with Gasteiger partial charge in [0, 0.05) is 28.8 Å². The van der Waals surface area contributed by atoms with Gasteiger partial charge in [-0.05, 0) is 38.0 Å². The van der Waals surface area contributed by atoms with Gasteiger partial charge in [0.05, 0.1) is 10.9 Å². The minimum atomic E-state index is -3.56. The first-order valence-corrected chi connectivity index (χ1v) is 12.2. The summed E-state index contributed by atoms with van der Waals surface area (Å²) in [5.41, 5.74) is 5.42. The van der Waals surface area contributed by atoms with E-state index >= 15 is 0 Å². The Bertz CT molecular complexity index is 1370. The van der Waals surface area contributed by atoms with Crippen LogP contribution in [0.15, 0.2) is 35.5 Å². The molecular weight excluding hydrogens is 470 g/mol. The highest BCUT2D eigenvalue weighted by Crippen LogP contribution is 2.38. The first-order valence-electron chi connectivity index (χ1n) is 9.93. The molecule has 0 unspecified atom stereocenters. The molecule has 1 saturated carbocycles. The molecule has 3 N–H and O–H groups in total. The van der Waals surface area contributed by atoms with Gasteiger partial charge in [-0.2, -0.15) is 4.68 Å². The van der Waals surface area contributed by atoms with Crippen molar-refractivity contribution >= 4 is 33.3 Å². The number of carbonyl (C=O) groups is 2. The molecule has 3 aromatic rings. The van der Waals surface area contributed by atoms with Gasteiger partial charge in [0.1, 0.15) is 12.0 Å². The summed E-state index contributed by atoms with van der Waals surface area (Å²) in [6.45, 7) is 1.70. The molecule has 0 aliphatic heterocycles. The van der Waals surface area contributed by atoms with Crippen molar-refractivity contribution in [1.82, 2.24) is 30.0 Å². The third kappa shape index (κ3) is 5.01. The topological polar surface area (TPSA) is 163 Å². The molecule has 13 heteroatoms. The van der Waals surface area contributed by atoms with Gasteiger partial charge in [-0.3, -0.25) is 9.59 Å². The number of halogens is 1. The zero-order chi connectivity index (χ0) is 23.9. The van der Waals surface area contributed by atoms with Crippen molar-refractivity contribution in [1.29, 1.82) is 0 Å². The van der Waals surface area contributed by atoms with Gasteiger partial charge < -0.3 is 11.1 Å². The second-order valence-electron chi connectivity index (χ2n) is 7.78. The number of nitrogens with two attached hydrogens (primary N) is 1. The monoisotopic (exact) mass is 489 g/mol. The molecule has 0 saturated heterocycles. The highest BCUT2D eigenvalue weighted by molar-refractivity contribution is 7.90. The molecular formula is C20H20ClN7O4S. The van der Waals surface area contributed by atoms with Crippen LogP contribution in [0.4, 0.5) is 0 Å². The number of aromatic nitrogens is 5. The van der Waals surface area contributed by atoms with Crippen molar-refractivity contribution < 1.29 is 18.0 Å². The Balaban J connectivity index is 1.67. The van der Waals surface area contributed by atoms with Crippen molar-refractivity contribution in [2.24, 2.45) is 5.73 Å². The summed E-state index contributed by atoms with van der Waals surface area (Å²) >= 11 is 6.02. The number of carbonyl (C=O) groups excluding carboxylic acids is 2. The van der Waals surface area contributed by atoms with Crippen LogP contribution in [-0.4, -0.2) is 51.2 Å². The van der Waals surface area contributed by atoms with Crippen LogP contribution in [-0.2, 0) is 9.84 Å². The average Bonchev–Trinajstić information content (AvgIpc) is 3.50. The van der Waals surface area contributed by atoms with Crippen LogP contribution < -0.4 is 11.1 Å². The fraction of sp³-hybridized carbons (Fsp3) is 0.300. The van der Waals surface area contributed by atoms with Crippen molar-refractivity contribution in [2.45, 2.75) is 36.6 Å². The first-order chi connectivity index (χ1) is 15.5. The molecule has 4 rings (SSSR count). The van der Waals surface area contributed by atoms with Gasteiger partial charge in [0.25, 0.3) is 11.8 Å². The maximum atomic E-state index is 12.9. The summed E-state index contributed by atoms with van der Waals surface area (Å²) in [5.74, 6) is 0.217. The number of nitrogens with zero attached hydrogens (tertiary/aromatic N) is 5. The van der Waals surface area contributed by atoms with Crippen LogP contribution in [0.25, 0.3) is 5.82 Å². The van der Waals surface area contributed by atoms with Gasteiger partial charge in [-0.1, -0.05) is 11.6 Å². The normalized spacial score (nSPS) is 14.6. The van der Waals surface area contributed by atoms with E-state index in [1.165, 1.54) is 35.3 Å². The van der Waals surface area contributed by atoms with E-state index in [0.29, 0.717) is 11.6 Å². The molecule has 11 nitrogen and oxygen atoms in total. The third-order valence-corrected chi connectivity index (χ3v) is 6.32. The lowest BCUT2D eigenvalue weighted by Crippen LogP contribution is -2.29. The molecule has 1 aliphatic rings. The van der Waals surface area contributed by atoms with Gasteiger partial charge >= 0.3 is 0 Å². The van der Waals surface area contributed by atoms with Crippen LogP contribution in [0.5, 0.6) is 0 Å². The highest BCUT2D eigenvalue weighted by Gasteiger charge is 2.31. The average molecular weight is 490 g/mol. The summed E-state index contributed by atoms with van der Waals surface area (Å²) in [6, 6.07) is 4.66. The Morgan fingerprint density at radius 3 is 2.58 bits per heavy atom. The van der Waals surface area contributed by atoms with Crippen LogP contribution in [0.3, 0.4) is 0 Å².